The molecule has 5 heteroatoms. The summed E-state index contributed by atoms with van der Waals surface area (Å²) in [6, 6.07) is 8.19. The summed E-state index contributed by atoms with van der Waals surface area (Å²) < 4.78 is 6.33. The lowest BCUT2D eigenvalue weighted by Crippen LogP contribution is -2.42. The molecule has 90 valence electrons. The second-order valence-electron chi connectivity index (χ2n) is 3.85. The molecule has 1 aliphatic rings. The fourth-order valence-corrected chi connectivity index (χ4v) is 2.68. The van der Waals surface area contributed by atoms with Gasteiger partial charge in [0, 0.05) is 16.9 Å². The van der Waals surface area contributed by atoms with Gasteiger partial charge in [0.05, 0.1) is 24.9 Å². The van der Waals surface area contributed by atoms with Crippen LogP contribution in [0.1, 0.15) is 5.56 Å². The number of alkyl halides is 1. The average Bonchev–Trinajstić information content (AvgIpc) is 2.38. The Hall–Kier alpha value is -0.760. The van der Waals surface area contributed by atoms with Crippen LogP contribution in [-0.4, -0.2) is 25.8 Å². The molecule has 0 spiro atoms. The van der Waals surface area contributed by atoms with Crippen molar-refractivity contribution in [2.45, 2.75) is 12.0 Å². The van der Waals surface area contributed by atoms with Gasteiger partial charge in [0.15, 0.2) is 6.10 Å². The van der Waals surface area contributed by atoms with Crippen LogP contribution in [0.25, 0.3) is 0 Å². The van der Waals surface area contributed by atoms with E-state index in [1.54, 1.807) is 0 Å². The number of rotatable bonds is 2. The van der Waals surface area contributed by atoms with Crippen molar-refractivity contribution in [3.63, 3.8) is 0 Å². The molecule has 0 aromatic heterocycles. The van der Waals surface area contributed by atoms with Crippen LogP contribution >= 0.6 is 27.5 Å². The van der Waals surface area contributed by atoms with E-state index in [1.807, 2.05) is 18.2 Å². The molecule has 2 rings (SSSR count). The zero-order valence-electron chi connectivity index (χ0n) is 9.20. The Morgan fingerprint density at radius 2 is 2.41 bits per heavy atom. The molecule has 1 unspecified atom stereocenters. The summed E-state index contributed by atoms with van der Waals surface area (Å²) in [6.07, 6.45) is -0.344. The Labute approximate surface area is 114 Å². The molecular formula is C12H12BrClN2O. The molecule has 0 bridgehead atoms. The van der Waals surface area contributed by atoms with Crippen LogP contribution in [0.5, 0.6) is 0 Å². The van der Waals surface area contributed by atoms with Gasteiger partial charge in [-0.1, -0.05) is 6.07 Å². The normalized spacial score (nSPS) is 20.1. The summed E-state index contributed by atoms with van der Waals surface area (Å²) in [5.41, 5.74) is 2.16. The van der Waals surface area contributed by atoms with E-state index < -0.39 is 0 Å². The van der Waals surface area contributed by atoms with Gasteiger partial charge >= 0.3 is 0 Å². The molecule has 1 aromatic rings. The zero-order chi connectivity index (χ0) is 12.3. The molecule has 1 fully saturated rings. The van der Waals surface area contributed by atoms with Gasteiger partial charge in [0.2, 0.25) is 0 Å². The summed E-state index contributed by atoms with van der Waals surface area (Å²) in [5.74, 6) is 0.503. The van der Waals surface area contributed by atoms with E-state index in [9.17, 15) is 0 Å². The first-order valence-electron chi connectivity index (χ1n) is 5.35. The van der Waals surface area contributed by atoms with Crippen LogP contribution in [0.2, 0.25) is 0 Å². The Balaban J connectivity index is 2.19. The van der Waals surface area contributed by atoms with E-state index >= 15 is 0 Å². The van der Waals surface area contributed by atoms with Gasteiger partial charge in [0.25, 0.3) is 0 Å². The minimum Gasteiger partial charge on any atom is -0.365 e. The SMILES string of the molecule is N#CC1CN(c2ccc(CCl)cc2Br)CCO1. The van der Waals surface area contributed by atoms with Gasteiger partial charge in [-0.3, -0.25) is 0 Å². The summed E-state index contributed by atoms with van der Waals surface area (Å²) in [6.45, 7) is 1.99. The fourth-order valence-electron chi connectivity index (χ4n) is 1.84. The van der Waals surface area contributed by atoms with Crippen LogP contribution in [0.15, 0.2) is 22.7 Å². The molecular weight excluding hydrogens is 304 g/mol. The van der Waals surface area contributed by atoms with Gasteiger partial charge in [0.1, 0.15) is 0 Å². The molecule has 0 N–H and O–H groups in total. The highest BCUT2D eigenvalue weighted by Gasteiger charge is 2.21. The maximum atomic E-state index is 8.88. The number of hydrogen-bond acceptors (Lipinski definition) is 3. The predicted octanol–water partition coefficient (Wildman–Crippen LogP) is 2.92. The monoisotopic (exact) mass is 314 g/mol. The highest BCUT2D eigenvalue weighted by Crippen LogP contribution is 2.29. The highest BCUT2D eigenvalue weighted by molar-refractivity contribution is 9.10. The third kappa shape index (κ3) is 2.92. The maximum Gasteiger partial charge on any atom is 0.161 e. The molecule has 17 heavy (non-hydrogen) atoms. The van der Waals surface area contributed by atoms with Crippen LogP contribution in [0.4, 0.5) is 5.69 Å². The van der Waals surface area contributed by atoms with Crippen molar-refractivity contribution in [2.24, 2.45) is 0 Å². The van der Waals surface area contributed by atoms with Crippen LogP contribution < -0.4 is 4.90 Å². The lowest BCUT2D eigenvalue weighted by molar-refractivity contribution is 0.0764. The number of ether oxygens (including phenoxy) is 1. The Bertz CT molecular complexity index is 447. The minimum atomic E-state index is -0.344. The van der Waals surface area contributed by atoms with Crippen LogP contribution in [-0.2, 0) is 10.6 Å². The third-order valence-corrected chi connectivity index (χ3v) is 3.66. The van der Waals surface area contributed by atoms with Gasteiger partial charge < -0.3 is 9.64 Å². The van der Waals surface area contributed by atoms with E-state index in [4.69, 9.17) is 21.6 Å². The van der Waals surface area contributed by atoms with Crippen LogP contribution in [0.3, 0.4) is 0 Å². The first-order chi connectivity index (χ1) is 8.24. The molecule has 3 nitrogen and oxygen atoms in total. The largest absolute Gasteiger partial charge is 0.365 e. The standard InChI is InChI=1S/C12H12BrClN2O/c13-11-5-9(6-14)1-2-12(11)16-3-4-17-10(7-15)8-16/h1-2,5,10H,3-4,6,8H2. The summed E-state index contributed by atoms with van der Waals surface area (Å²) >= 11 is 9.33. The van der Waals surface area contributed by atoms with Crippen molar-refractivity contribution in [2.75, 3.05) is 24.6 Å². The zero-order valence-corrected chi connectivity index (χ0v) is 11.5. The summed E-state index contributed by atoms with van der Waals surface area (Å²) in [5, 5.41) is 8.88. The third-order valence-electron chi connectivity index (χ3n) is 2.72. The predicted molar refractivity (Wildman–Crippen MR) is 71.3 cm³/mol. The molecule has 0 aliphatic carbocycles. The number of hydrogen-bond donors (Lipinski definition) is 0. The van der Waals surface area contributed by atoms with E-state index in [2.05, 4.69) is 26.9 Å². The number of anilines is 1. The van der Waals surface area contributed by atoms with Crippen LogP contribution in [0, 0.1) is 11.3 Å². The second-order valence-corrected chi connectivity index (χ2v) is 4.98. The van der Waals surface area contributed by atoms with Crippen molar-refractivity contribution in [3.05, 3.63) is 28.2 Å². The van der Waals surface area contributed by atoms with Crippen molar-refractivity contribution in [1.82, 2.24) is 0 Å². The summed E-state index contributed by atoms with van der Waals surface area (Å²) in [7, 11) is 0. The van der Waals surface area contributed by atoms with Crippen molar-refractivity contribution >= 4 is 33.2 Å². The highest BCUT2D eigenvalue weighted by atomic mass is 79.9. The topological polar surface area (TPSA) is 36.3 Å². The van der Waals surface area contributed by atoms with Gasteiger partial charge in [-0.25, -0.2) is 0 Å². The lowest BCUT2D eigenvalue weighted by Gasteiger charge is -2.32. The second kappa shape index (κ2) is 5.72. The molecule has 1 saturated heterocycles. The molecule has 0 amide bonds. The molecule has 1 heterocycles. The van der Waals surface area contributed by atoms with Crippen molar-refractivity contribution in [3.8, 4) is 6.07 Å². The fraction of sp³-hybridized carbons (Fsp3) is 0.417. The summed E-state index contributed by atoms with van der Waals surface area (Å²) in [4.78, 5) is 2.15. The van der Waals surface area contributed by atoms with Crippen molar-refractivity contribution < 1.29 is 4.74 Å². The van der Waals surface area contributed by atoms with E-state index in [0.29, 0.717) is 19.0 Å². The average molecular weight is 316 g/mol. The van der Waals surface area contributed by atoms with Gasteiger partial charge in [-0.05, 0) is 33.6 Å². The minimum absolute atomic E-state index is 0.344. The Morgan fingerprint density at radius 3 is 3.06 bits per heavy atom. The number of morpholine rings is 1. The first-order valence-corrected chi connectivity index (χ1v) is 6.68. The lowest BCUT2D eigenvalue weighted by atomic mass is 10.2. The number of benzene rings is 1. The smallest absolute Gasteiger partial charge is 0.161 e. The first kappa shape index (κ1) is 12.7. The van der Waals surface area contributed by atoms with Gasteiger partial charge in [-0.2, -0.15) is 5.26 Å². The van der Waals surface area contributed by atoms with Crippen molar-refractivity contribution in [1.29, 1.82) is 5.26 Å². The molecule has 1 aliphatic heterocycles. The van der Waals surface area contributed by atoms with Gasteiger partial charge in [-0.15, -0.1) is 11.6 Å². The molecule has 0 saturated carbocycles. The maximum absolute atomic E-state index is 8.88. The number of nitrogens with zero attached hydrogens (tertiary/aromatic N) is 2. The molecule has 1 atom stereocenters. The Morgan fingerprint density at radius 1 is 1.59 bits per heavy atom. The Kier molecular flexibility index (Phi) is 4.27. The molecule has 0 radical (unpaired) electrons. The van der Waals surface area contributed by atoms with E-state index in [1.165, 1.54) is 0 Å². The van der Waals surface area contributed by atoms with E-state index in [-0.39, 0.29) is 6.10 Å². The molecule has 1 aromatic carbocycles. The van der Waals surface area contributed by atoms with E-state index in [0.717, 1.165) is 22.3 Å². The quantitative estimate of drug-likeness (QED) is 0.787. The number of nitriles is 1. The number of halogens is 2.